The summed E-state index contributed by atoms with van der Waals surface area (Å²) in [5.41, 5.74) is 4.04. The fourth-order valence-electron chi connectivity index (χ4n) is 3.25. The Balaban J connectivity index is 1.46. The Morgan fingerprint density at radius 2 is 1.41 bits per heavy atom. The number of fused-ring (bicyclic) bond motifs is 1. The van der Waals surface area contributed by atoms with Crippen molar-refractivity contribution >= 4 is 22.7 Å². The lowest BCUT2D eigenvalue weighted by molar-refractivity contribution is 0.268. The van der Waals surface area contributed by atoms with Crippen LogP contribution in [0.15, 0.2) is 95.4 Å². The summed E-state index contributed by atoms with van der Waals surface area (Å²) in [6.45, 7) is 0.766. The molecule has 5 nitrogen and oxygen atoms in total. The molecule has 0 aliphatic heterocycles. The first-order valence-electron chi connectivity index (χ1n) is 10.2. The maximum absolute atomic E-state index is 6.09. The molecule has 0 radical (unpaired) electrons. The lowest BCUT2D eigenvalue weighted by Crippen LogP contribution is -2.02. The first kappa shape index (κ1) is 20.1. The Morgan fingerprint density at radius 3 is 2.12 bits per heavy atom. The van der Waals surface area contributed by atoms with Crippen molar-refractivity contribution in [2.45, 2.75) is 13.2 Å². The van der Waals surface area contributed by atoms with Gasteiger partial charge in [0.1, 0.15) is 18.7 Å². The summed E-state index contributed by atoms with van der Waals surface area (Å²) in [7, 11) is 0. The Labute approximate surface area is 190 Å². The molecule has 0 unspecified atom stereocenters. The Hall–Kier alpha value is -3.83. The second kappa shape index (κ2) is 9.12. The molecular weight excluding hydrogens is 424 g/mol. The minimum atomic E-state index is 0.356. The lowest BCUT2D eigenvalue weighted by atomic mass is 10.2. The van der Waals surface area contributed by atoms with Gasteiger partial charge in [-0.25, -0.2) is 4.98 Å². The highest BCUT2D eigenvalue weighted by Crippen LogP contribution is 2.33. The zero-order valence-corrected chi connectivity index (χ0v) is 17.8. The predicted octanol–water partition coefficient (Wildman–Crippen LogP) is 6.70. The zero-order valence-electron chi connectivity index (χ0n) is 17.1. The second-order valence-corrected chi connectivity index (χ2v) is 7.62. The van der Waals surface area contributed by atoms with Gasteiger partial charge >= 0.3 is 0 Å². The molecule has 3 aromatic carbocycles. The average molecular weight is 443 g/mol. The first-order chi connectivity index (χ1) is 15.7. The van der Waals surface area contributed by atoms with Crippen LogP contribution >= 0.6 is 11.6 Å². The molecule has 0 atom stereocenters. The van der Waals surface area contributed by atoms with Crippen molar-refractivity contribution in [2.24, 2.45) is 0 Å². The van der Waals surface area contributed by atoms with E-state index in [2.05, 4.69) is 9.97 Å². The highest BCUT2D eigenvalue weighted by molar-refractivity contribution is 6.31. The van der Waals surface area contributed by atoms with Gasteiger partial charge in [-0.2, -0.15) is 4.98 Å². The van der Waals surface area contributed by atoms with Gasteiger partial charge in [0.25, 0.3) is 0 Å². The SMILES string of the molecule is Clc1ccc2nc(-c3ccc(OCc4ccccc4)nc3OCc3ccccc3)oc2c1. The summed E-state index contributed by atoms with van der Waals surface area (Å²) >= 11 is 6.09. The van der Waals surface area contributed by atoms with E-state index in [1.807, 2.05) is 72.8 Å². The van der Waals surface area contributed by atoms with Crippen LogP contribution in [0.1, 0.15) is 11.1 Å². The highest BCUT2D eigenvalue weighted by atomic mass is 35.5. The summed E-state index contributed by atoms with van der Waals surface area (Å²) in [6.07, 6.45) is 0. The predicted molar refractivity (Wildman–Crippen MR) is 124 cm³/mol. The number of pyridine rings is 1. The number of hydrogen-bond donors (Lipinski definition) is 0. The fourth-order valence-corrected chi connectivity index (χ4v) is 3.41. The summed E-state index contributed by atoms with van der Waals surface area (Å²) in [5, 5.41) is 0.587. The van der Waals surface area contributed by atoms with Gasteiger partial charge in [0.05, 0.1) is 5.56 Å². The molecule has 0 aliphatic rings. The van der Waals surface area contributed by atoms with Gasteiger partial charge < -0.3 is 13.9 Å². The Morgan fingerprint density at radius 1 is 0.719 bits per heavy atom. The van der Waals surface area contributed by atoms with Crippen molar-refractivity contribution in [1.29, 1.82) is 0 Å². The number of halogens is 1. The quantitative estimate of drug-likeness (QED) is 0.280. The molecule has 2 aromatic heterocycles. The van der Waals surface area contributed by atoms with Crippen molar-refractivity contribution in [3.63, 3.8) is 0 Å². The molecule has 0 aliphatic carbocycles. The number of benzene rings is 3. The van der Waals surface area contributed by atoms with Crippen LogP contribution in [-0.2, 0) is 13.2 Å². The normalized spacial score (nSPS) is 10.9. The molecule has 0 fully saturated rings. The minimum absolute atomic E-state index is 0.356. The van der Waals surface area contributed by atoms with Gasteiger partial charge in [0.2, 0.25) is 17.7 Å². The third-order valence-electron chi connectivity index (χ3n) is 4.86. The highest BCUT2D eigenvalue weighted by Gasteiger charge is 2.17. The minimum Gasteiger partial charge on any atom is -0.473 e. The van der Waals surface area contributed by atoms with Crippen molar-refractivity contribution < 1.29 is 13.9 Å². The van der Waals surface area contributed by atoms with Crippen LogP contribution in [0.4, 0.5) is 0 Å². The van der Waals surface area contributed by atoms with Crippen molar-refractivity contribution in [3.8, 4) is 23.2 Å². The van der Waals surface area contributed by atoms with E-state index in [0.717, 1.165) is 11.1 Å². The molecule has 0 N–H and O–H groups in total. The van der Waals surface area contributed by atoms with Crippen LogP contribution in [0.3, 0.4) is 0 Å². The molecule has 5 aromatic rings. The lowest BCUT2D eigenvalue weighted by Gasteiger charge is -2.11. The number of aromatic nitrogens is 2. The summed E-state index contributed by atoms with van der Waals surface area (Å²) in [4.78, 5) is 9.17. The molecule has 5 rings (SSSR count). The molecule has 0 saturated heterocycles. The molecule has 0 amide bonds. The average Bonchev–Trinajstić information content (AvgIpc) is 3.26. The van der Waals surface area contributed by atoms with E-state index >= 15 is 0 Å². The smallest absolute Gasteiger partial charge is 0.232 e. The van der Waals surface area contributed by atoms with E-state index in [4.69, 9.17) is 25.5 Å². The van der Waals surface area contributed by atoms with Crippen LogP contribution in [0, 0.1) is 0 Å². The maximum atomic E-state index is 6.09. The van der Waals surface area contributed by atoms with E-state index in [1.165, 1.54) is 0 Å². The van der Waals surface area contributed by atoms with E-state index in [1.54, 1.807) is 18.2 Å². The maximum Gasteiger partial charge on any atom is 0.232 e. The Bertz CT molecular complexity index is 1340. The number of oxazole rings is 1. The van der Waals surface area contributed by atoms with Crippen LogP contribution in [0.25, 0.3) is 22.6 Å². The largest absolute Gasteiger partial charge is 0.473 e. The van der Waals surface area contributed by atoms with Crippen LogP contribution in [0.2, 0.25) is 5.02 Å². The summed E-state index contributed by atoms with van der Waals surface area (Å²) in [6, 6.07) is 28.8. The number of ether oxygens (including phenoxy) is 2. The van der Waals surface area contributed by atoms with Gasteiger partial charge in [-0.1, -0.05) is 72.3 Å². The molecule has 0 saturated carbocycles. The second-order valence-electron chi connectivity index (χ2n) is 7.18. The van der Waals surface area contributed by atoms with Crippen LogP contribution < -0.4 is 9.47 Å². The molecular formula is C26H19ClN2O3. The third-order valence-corrected chi connectivity index (χ3v) is 5.10. The Kier molecular flexibility index (Phi) is 5.73. The fraction of sp³-hybridized carbons (Fsp3) is 0.0769. The first-order valence-corrected chi connectivity index (χ1v) is 10.5. The number of hydrogen-bond acceptors (Lipinski definition) is 5. The molecule has 0 spiro atoms. The third kappa shape index (κ3) is 4.58. The van der Waals surface area contributed by atoms with Gasteiger partial charge in [0, 0.05) is 17.2 Å². The molecule has 6 heteroatoms. The van der Waals surface area contributed by atoms with Crippen molar-refractivity contribution in [3.05, 3.63) is 107 Å². The van der Waals surface area contributed by atoms with Gasteiger partial charge in [0.15, 0.2) is 5.58 Å². The van der Waals surface area contributed by atoms with E-state index in [-0.39, 0.29) is 0 Å². The van der Waals surface area contributed by atoms with E-state index in [9.17, 15) is 0 Å². The number of rotatable bonds is 7. The zero-order chi connectivity index (χ0) is 21.8. The van der Waals surface area contributed by atoms with Crippen molar-refractivity contribution in [2.75, 3.05) is 0 Å². The van der Waals surface area contributed by atoms with E-state index < -0.39 is 0 Å². The van der Waals surface area contributed by atoms with Crippen molar-refractivity contribution in [1.82, 2.24) is 9.97 Å². The molecule has 32 heavy (non-hydrogen) atoms. The van der Waals surface area contributed by atoms with Gasteiger partial charge in [-0.15, -0.1) is 0 Å². The topological polar surface area (TPSA) is 57.4 Å². The molecule has 0 bridgehead atoms. The van der Waals surface area contributed by atoms with Gasteiger partial charge in [-0.05, 0) is 29.3 Å². The molecule has 158 valence electrons. The van der Waals surface area contributed by atoms with Crippen LogP contribution in [0.5, 0.6) is 11.8 Å². The molecule has 2 heterocycles. The summed E-state index contributed by atoms with van der Waals surface area (Å²) < 4.78 is 17.9. The monoisotopic (exact) mass is 442 g/mol. The standard InChI is InChI=1S/C26H19ClN2O3/c27-20-11-13-22-23(15-20)32-26(28-22)21-12-14-24(30-16-18-7-3-1-4-8-18)29-25(21)31-17-19-9-5-2-6-10-19/h1-15H,16-17H2. The van der Waals surface area contributed by atoms with Gasteiger partial charge in [-0.3, -0.25) is 0 Å². The van der Waals surface area contributed by atoms with Crippen LogP contribution in [-0.4, -0.2) is 9.97 Å². The summed E-state index contributed by atoms with van der Waals surface area (Å²) in [5.74, 6) is 1.25. The number of nitrogens with zero attached hydrogens (tertiary/aromatic N) is 2. The van der Waals surface area contributed by atoms with E-state index in [0.29, 0.717) is 52.6 Å².